The molecule has 2 aliphatic rings. The predicted octanol–water partition coefficient (Wildman–Crippen LogP) is -0.263. The van der Waals surface area contributed by atoms with E-state index < -0.39 is 46.8 Å². The number of rotatable bonds is 17. The number of ether oxygens (including phenoxy) is 4. The molecule has 1 aromatic rings. The van der Waals surface area contributed by atoms with Crippen molar-refractivity contribution >= 4 is 40.8 Å². The summed E-state index contributed by atoms with van der Waals surface area (Å²) in [7, 11) is 0. The molecule has 1 aromatic carbocycles. The molecule has 0 aromatic heterocycles. The Kier molecular flexibility index (Phi) is 11.6. The number of imide groups is 2. The average Bonchev–Trinajstić information content (AvgIpc) is 3.14. The minimum Gasteiger partial charge on any atom is -0.611 e. The molecule has 0 bridgehead atoms. The summed E-state index contributed by atoms with van der Waals surface area (Å²) in [6.45, 7) is 2.11. The molecule has 2 unspecified atom stereocenters. The quantitative estimate of drug-likeness (QED) is 0.147. The maximum Gasteiger partial charge on any atom is 0.305 e. The lowest BCUT2D eigenvalue weighted by atomic mass is 10.0. The predicted molar refractivity (Wildman–Crippen MR) is 130 cm³/mol. The van der Waals surface area contributed by atoms with Crippen LogP contribution in [-0.4, -0.2) is 109 Å². The molecule has 3 rings (SSSR count). The van der Waals surface area contributed by atoms with Crippen LogP contribution >= 0.6 is 0 Å². The first-order valence-corrected chi connectivity index (χ1v) is 13.4. The number of benzene rings is 1. The molecule has 0 radical (unpaired) electrons. The van der Waals surface area contributed by atoms with Crippen LogP contribution in [-0.2, 0) is 44.5 Å². The number of carbonyl (C=O) groups is 5. The number of piperidine rings is 1. The van der Waals surface area contributed by atoms with Crippen molar-refractivity contribution in [3.05, 3.63) is 29.3 Å². The van der Waals surface area contributed by atoms with E-state index in [-0.39, 0.29) is 60.9 Å². The summed E-state index contributed by atoms with van der Waals surface area (Å²) in [4.78, 5) is 61.0. The van der Waals surface area contributed by atoms with E-state index in [0.29, 0.717) is 33.0 Å². The van der Waals surface area contributed by atoms with Crippen molar-refractivity contribution in [3.8, 4) is 0 Å². The first-order chi connectivity index (χ1) is 18.3. The molecule has 2 heterocycles. The van der Waals surface area contributed by atoms with Crippen molar-refractivity contribution in [1.82, 2.24) is 10.2 Å². The zero-order valence-corrected chi connectivity index (χ0v) is 21.5. The van der Waals surface area contributed by atoms with E-state index in [1.165, 1.54) is 18.2 Å². The molecule has 14 heteroatoms. The van der Waals surface area contributed by atoms with Crippen LogP contribution in [0.25, 0.3) is 0 Å². The van der Waals surface area contributed by atoms with Gasteiger partial charge in [0, 0.05) is 6.42 Å². The van der Waals surface area contributed by atoms with E-state index in [2.05, 4.69) is 5.32 Å². The lowest BCUT2D eigenvalue weighted by Gasteiger charge is -2.27. The molecule has 1 fully saturated rings. The topological polar surface area (TPSA) is 181 Å². The number of hydrogen-bond donors (Lipinski definition) is 2. The maximum absolute atomic E-state index is 13.1. The standard InChI is InChI=1S/C24H30N2O11S/c27-19-5-4-17(22(30)25-19)26-23(31)16-2-1-3-18(21(16)24(26)32)38(33)15-14-37-13-12-36-11-10-35-9-8-34-7-6-20(28)29/h1-3,17H,4-15H2,(H,28,29)(H,25,27,30). The molecule has 1 saturated heterocycles. The lowest BCUT2D eigenvalue weighted by molar-refractivity contribution is -0.138. The van der Waals surface area contributed by atoms with E-state index in [4.69, 9.17) is 24.1 Å². The molecule has 13 nitrogen and oxygen atoms in total. The molecule has 0 aliphatic carbocycles. The van der Waals surface area contributed by atoms with Gasteiger partial charge in [0.25, 0.3) is 11.8 Å². The molecule has 38 heavy (non-hydrogen) atoms. The van der Waals surface area contributed by atoms with Gasteiger partial charge in [0.05, 0.1) is 64.8 Å². The van der Waals surface area contributed by atoms with Crippen LogP contribution in [0.1, 0.15) is 40.0 Å². The Hall–Kier alpha value is -2.88. The Morgan fingerprint density at radius 1 is 0.947 bits per heavy atom. The van der Waals surface area contributed by atoms with Gasteiger partial charge in [-0.3, -0.25) is 34.2 Å². The molecule has 4 amide bonds. The number of nitrogens with zero attached hydrogens (tertiary/aromatic N) is 1. The Morgan fingerprint density at radius 2 is 1.55 bits per heavy atom. The number of carboxylic acid groups (broad SMARTS) is 1. The van der Waals surface area contributed by atoms with Gasteiger partial charge in [0.1, 0.15) is 17.4 Å². The second kappa shape index (κ2) is 14.9. The largest absolute Gasteiger partial charge is 0.611 e. The van der Waals surface area contributed by atoms with Crippen LogP contribution < -0.4 is 5.32 Å². The molecule has 0 saturated carbocycles. The van der Waals surface area contributed by atoms with E-state index >= 15 is 0 Å². The second-order valence-corrected chi connectivity index (χ2v) is 9.81. The highest BCUT2D eigenvalue weighted by molar-refractivity contribution is 7.91. The molecule has 2 N–H and O–H groups in total. The summed E-state index contributed by atoms with van der Waals surface area (Å²) in [6, 6.07) is 3.40. The molecule has 2 atom stereocenters. The molecule has 2 aliphatic heterocycles. The van der Waals surface area contributed by atoms with E-state index in [1.807, 2.05) is 0 Å². The molecular formula is C24H30N2O11S. The van der Waals surface area contributed by atoms with Crippen LogP contribution in [0.2, 0.25) is 0 Å². The highest BCUT2D eigenvalue weighted by Gasteiger charge is 2.47. The van der Waals surface area contributed by atoms with Crippen LogP contribution in [0.15, 0.2) is 23.1 Å². The second-order valence-electron chi connectivity index (χ2n) is 8.27. The van der Waals surface area contributed by atoms with Gasteiger partial charge in [-0.25, -0.2) is 0 Å². The van der Waals surface area contributed by atoms with Crippen molar-refractivity contribution < 1.29 is 52.6 Å². The fraction of sp³-hybridized carbons (Fsp3) is 0.542. The van der Waals surface area contributed by atoms with E-state index in [1.54, 1.807) is 0 Å². The summed E-state index contributed by atoms with van der Waals surface area (Å²) in [6.07, 6.45) is 0.00658. The first kappa shape index (κ1) is 29.7. The minimum absolute atomic E-state index is 0.0103. The number of fused-ring (bicyclic) bond motifs is 1. The van der Waals surface area contributed by atoms with Gasteiger partial charge in [-0.1, -0.05) is 6.07 Å². The highest BCUT2D eigenvalue weighted by Crippen LogP contribution is 2.32. The summed E-state index contributed by atoms with van der Waals surface area (Å²) in [5.41, 5.74) is 0.0880. The third-order valence-corrected chi connectivity index (χ3v) is 7.03. The number of amides is 4. The fourth-order valence-corrected chi connectivity index (χ4v) is 4.98. The summed E-state index contributed by atoms with van der Waals surface area (Å²) >= 11 is -1.64. The van der Waals surface area contributed by atoms with Crippen molar-refractivity contribution in [2.75, 3.05) is 58.6 Å². The SMILES string of the molecule is O=C(O)CCOCCOCCOCCOCC[S+]([O-])c1cccc2c1C(=O)N(C1CCC(=O)NC1=O)C2=O. The van der Waals surface area contributed by atoms with Crippen LogP contribution in [0.3, 0.4) is 0 Å². The minimum atomic E-state index is -1.64. The average molecular weight is 555 g/mol. The zero-order chi connectivity index (χ0) is 27.5. The number of hydrogen-bond acceptors (Lipinski definition) is 10. The monoisotopic (exact) mass is 554 g/mol. The van der Waals surface area contributed by atoms with E-state index in [0.717, 1.165) is 4.90 Å². The van der Waals surface area contributed by atoms with Gasteiger partial charge in [-0.2, -0.15) is 0 Å². The van der Waals surface area contributed by atoms with Crippen molar-refractivity contribution in [3.63, 3.8) is 0 Å². The molecular weight excluding hydrogens is 524 g/mol. The van der Waals surface area contributed by atoms with Crippen LogP contribution in [0.5, 0.6) is 0 Å². The Morgan fingerprint density at radius 3 is 2.16 bits per heavy atom. The first-order valence-electron chi connectivity index (χ1n) is 12.1. The number of carbonyl (C=O) groups excluding carboxylic acids is 4. The molecule has 0 spiro atoms. The van der Waals surface area contributed by atoms with Crippen LogP contribution in [0, 0.1) is 0 Å². The van der Waals surface area contributed by atoms with Gasteiger partial charge in [0.15, 0.2) is 4.90 Å². The summed E-state index contributed by atoms with van der Waals surface area (Å²) in [5, 5.41) is 10.6. The fourth-order valence-electron chi connectivity index (χ4n) is 3.84. The van der Waals surface area contributed by atoms with Gasteiger partial charge >= 0.3 is 5.97 Å². The number of carboxylic acids is 1. The van der Waals surface area contributed by atoms with Gasteiger partial charge in [-0.05, 0) is 29.7 Å². The maximum atomic E-state index is 13.1. The summed E-state index contributed by atoms with van der Waals surface area (Å²) in [5.74, 6) is -3.35. The Balaban J connectivity index is 1.35. The summed E-state index contributed by atoms with van der Waals surface area (Å²) < 4.78 is 34.1. The number of nitrogens with one attached hydrogen (secondary N) is 1. The Bertz CT molecular complexity index is 1030. The number of aliphatic carboxylic acids is 1. The van der Waals surface area contributed by atoms with Crippen LogP contribution in [0.4, 0.5) is 0 Å². The third-order valence-electron chi connectivity index (χ3n) is 5.66. The highest BCUT2D eigenvalue weighted by atomic mass is 32.2. The van der Waals surface area contributed by atoms with E-state index in [9.17, 15) is 28.5 Å². The zero-order valence-electron chi connectivity index (χ0n) is 20.7. The molecule has 208 valence electrons. The van der Waals surface area contributed by atoms with Crippen molar-refractivity contribution in [2.24, 2.45) is 0 Å². The normalized spacial score (nSPS) is 18.0. The van der Waals surface area contributed by atoms with Crippen molar-refractivity contribution in [2.45, 2.75) is 30.2 Å². The van der Waals surface area contributed by atoms with Gasteiger partial charge in [-0.15, -0.1) is 0 Å². The Labute approximate surface area is 221 Å². The van der Waals surface area contributed by atoms with Gasteiger partial charge < -0.3 is 28.6 Å². The lowest BCUT2D eigenvalue weighted by Crippen LogP contribution is -2.54. The smallest absolute Gasteiger partial charge is 0.305 e. The van der Waals surface area contributed by atoms with Crippen molar-refractivity contribution in [1.29, 1.82) is 0 Å². The third kappa shape index (κ3) is 8.06. The van der Waals surface area contributed by atoms with Gasteiger partial charge in [0.2, 0.25) is 11.8 Å².